The van der Waals surface area contributed by atoms with Crippen molar-refractivity contribution < 1.29 is 8.42 Å². The van der Waals surface area contributed by atoms with E-state index in [9.17, 15) is 8.42 Å². The van der Waals surface area contributed by atoms with Crippen molar-refractivity contribution in [3.8, 4) is 0 Å². The summed E-state index contributed by atoms with van der Waals surface area (Å²) in [4.78, 5) is 5.40. The summed E-state index contributed by atoms with van der Waals surface area (Å²) in [5, 5.41) is 4.23. The SMILES string of the molecule is Cc1cnc(NCCNS(=O)(=O)c2cccc(Cl)c2)s1. The molecular formula is C12H14ClN3O2S2. The molecule has 1 aromatic heterocycles. The highest BCUT2D eigenvalue weighted by Crippen LogP contribution is 2.16. The molecule has 1 heterocycles. The lowest BCUT2D eigenvalue weighted by Crippen LogP contribution is -2.28. The molecule has 2 rings (SSSR count). The van der Waals surface area contributed by atoms with Gasteiger partial charge in [0.05, 0.1) is 4.90 Å². The largest absolute Gasteiger partial charge is 0.360 e. The first-order valence-corrected chi connectivity index (χ1v) is 8.57. The van der Waals surface area contributed by atoms with Crippen LogP contribution >= 0.6 is 22.9 Å². The van der Waals surface area contributed by atoms with E-state index in [0.29, 0.717) is 11.6 Å². The van der Waals surface area contributed by atoms with E-state index < -0.39 is 10.0 Å². The molecule has 2 N–H and O–H groups in total. The van der Waals surface area contributed by atoms with E-state index in [1.54, 1.807) is 18.3 Å². The number of anilines is 1. The second kappa shape index (κ2) is 6.53. The lowest BCUT2D eigenvalue weighted by molar-refractivity contribution is 0.583. The molecule has 0 radical (unpaired) electrons. The fourth-order valence-corrected chi connectivity index (χ4v) is 3.53. The number of nitrogens with zero attached hydrogens (tertiary/aromatic N) is 1. The third-order valence-corrected chi connectivity index (χ3v) is 4.99. The van der Waals surface area contributed by atoms with Gasteiger partial charge in [0.1, 0.15) is 0 Å². The van der Waals surface area contributed by atoms with Crippen molar-refractivity contribution in [2.24, 2.45) is 0 Å². The van der Waals surface area contributed by atoms with Gasteiger partial charge in [-0.3, -0.25) is 0 Å². The number of hydrogen-bond donors (Lipinski definition) is 2. The molecule has 0 aliphatic heterocycles. The van der Waals surface area contributed by atoms with E-state index in [0.717, 1.165) is 10.0 Å². The fraction of sp³-hybridized carbons (Fsp3) is 0.250. The lowest BCUT2D eigenvalue weighted by atomic mass is 10.4. The Morgan fingerprint density at radius 1 is 1.35 bits per heavy atom. The first-order valence-electron chi connectivity index (χ1n) is 5.89. The summed E-state index contributed by atoms with van der Waals surface area (Å²) in [6, 6.07) is 6.16. The maximum absolute atomic E-state index is 12.0. The van der Waals surface area contributed by atoms with Crippen molar-refractivity contribution in [1.29, 1.82) is 0 Å². The Labute approximate surface area is 127 Å². The van der Waals surface area contributed by atoms with Gasteiger partial charge in [0, 0.05) is 29.2 Å². The van der Waals surface area contributed by atoms with Crippen LogP contribution in [0.5, 0.6) is 0 Å². The molecule has 108 valence electrons. The van der Waals surface area contributed by atoms with Crippen LogP contribution in [0.15, 0.2) is 35.4 Å². The number of hydrogen-bond acceptors (Lipinski definition) is 5. The number of benzene rings is 1. The lowest BCUT2D eigenvalue weighted by Gasteiger charge is -2.07. The van der Waals surface area contributed by atoms with E-state index in [4.69, 9.17) is 11.6 Å². The Kier molecular flexibility index (Phi) is 4.98. The van der Waals surface area contributed by atoms with Crippen molar-refractivity contribution in [3.63, 3.8) is 0 Å². The zero-order valence-corrected chi connectivity index (χ0v) is 13.1. The summed E-state index contributed by atoms with van der Waals surface area (Å²) in [5.41, 5.74) is 0. The minimum absolute atomic E-state index is 0.162. The molecular weight excluding hydrogens is 318 g/mol. The van der Waals surface area contributed by atoms with E-state index in [2.05, 4.69) is 15.0 Å². The van der Waals surface area contributed by atoms with E-state index >= 15 is 0 Å². The van der Waals surface area contributed by atoms with Gasteiger partial charge in [0.25, 0.3) is 0 Å². The highest BCUT2D eigenvalue weighted by Gasteiger charge is 2.13. The van der Waals surface area contributed by atoms with E-state index in [1.165, 1.54) is 23.5 Å². The Balaban J connectivity index is 1.87. The van der Waals surface area contributed by atoms with Gasteiger partial charge in [-0.1, -0.05) is 17.7 Å². The minimum Gasteiger partial charge on any atom is -0.360 e. The monoisotopic (exact) mass is 331 g/mol. The zero-order chi connectivity index (χ0) is 14.6. The molecule has 0 spiro atoms. The maximum Gasteiger partial charge on any atom is 0.240 e. The van der Waals surface area contributed by atoms with Gasteiger partial charge in [0.2, 0.25) is 10.0 Å². The third-order valence-electron chi connectivity index (χ3n) is 2.42. The standard InChI is InChI=1S/C12H14ClN3O2S2/c1-9-8-15-12(19-9)14-5-6-16-20(17,18)11-4-2-3-10(13)7-11/h2-4,7-8,16H,5-6H2,1H3,(H,14,15). The van der Waals surface area contributed by atoms with Crippen LogP contribution in [0.1, 0.15) is 4.88 Å². The van der Waals surface area contributed by atoms with Gasteiger partial charge >= 0.3 is 0 Å². The quantitative estimate of drug-likeness (QED) is 0.798. The molecule has 0 bridgehead atoms. The van der Waals surface area contributed by atoms with E-state index in [1.807, 2.05) is 6.92 Å². The van der Waals surface area contributed by atoms with Gasteiger partial charge < -0.3 is 5.32 Å². The number of nitrogens with one attached hydrogen (secondary N) is 2. The van der Waals surface area contributed by atoms with Crippen molar-refractivity contribution in [3.05, 3.63) is 40.4 Å². The van der Waals surface area contributed by atoms with Gasteiger partial charge in [-0.05, 0) is 25.1 Å². The Bertz CT molecular complexity index is 686. The number of thiazole rings is 1. The topological polar surface area (TPSA) is 71.1 Å². The van der Waals surface area contributed by atoms with Gasteiger partial charge in [-0.25, -0.2) is 18.1 Å². The van der Waals surface area contributed by atoms with Crippen LogP contribution in [-0.4, -0.2) is 26.5 Å². The van der Waals surface area contributed by atoms with Crippen LogP contribution in [-0.2, 0) is 10.0 Å². The zero-order valence-electron chi connectivity index (χ0n) is 10.8. The van der Waals surface area contributed by atoms with Crippen molar-refractivity contribution in [2.45, 2.75) is 11.8 Å². The van der Waals surface area contributed by atoms with Crippen LogP contribution in [0.2, 0.25) is 5.02 Å². The number of halogens is 1. The predicted molar refractivity (Wildman–Crippen MR) is 82.0 cm³/mol. The molecule has 2 aromatic rings. The number of aromatic nitrogens is 1. The molecule has 0 atom stereocenters. The average molecular weight is 332 g/mol. The molecule has 20 heavy (non-hydrogen) atoms. The highest BCUT2D eigenvalue weighted by molar-refractivity contribution is 7.89. The summed E-state index contributed by atoms with van der Waals surface area (Å²) in [6.07, 6.45) is 1.77. The Morgan fingerprint density at radius 3 is 2.80 bits per heavy atom. The smallest absolute Gasteiger partial charge is 0.240 e. The second-order valence-electron chi connectivity index (χ2n) is 4.06. The number of sulfonamides is 1. The van der Waals surface area contributed by atoms with Gasteiger partial charge in [0.15, 0.2) is 5.13 Å². The number of rotatable bonds is 6. The van der Waals surface area contributed by atoms with Crippen LogP contribution in [0.4, 0.5) is 5.13 Å². The van der Waals surface area contributed by atoms with Crippen molar-refractivity contribution in [1.82, 2.24) is 9.71 Å². The molecule has 0 amide bonds. The molecule has 0 saturated heterocycles. The van der Waals surface area contributed by atoms with Gasteiger partial charge in [-0.15, -0.1) is 11.3 Å². The highest BCUT2D eigenvalue weighted by atomic mass is 35.5. The average Bonchev–Trinajstić information content (AvgIpc) is 2.81. The third kappa shape index (κ3) is 4.17. The normalized spacial score (nSPS) is 11.5. The Morgan fingerprint density at radius 2 is 2.15 bits per heavy atom. The summed E-state index contributed by atoms with van der Waals surface area (Å²) in [7, 11) is -3.52. The van der Waals surface area contributed by atoms with Crippen LogP contribution in [0, 0.1) is 6.92 Å². The molecule has 8 heteroatoms. The van der Waals surface area contributed by atoms with E-state index in [-0.39, 0.29) is 11.4 Å². The first kappa shape index (κ1) is 15.2. The van der Waals surface area contributed by atoms with Crippen LogP contribution < -0.4 is 10.0 Å². The predicted octanol–water partition coefficient (Wildman–Crippen LogP) is 2.50. The van der Waals surface area contributed by atoms with Crippen molar-refractivity contribution >= 4 is 38.1 Å². The first-order chi connectivity index (χ1) is 9.47. The van der Waals surface area contributed by atoms with Crippen LogP contribution in [0.3, 0.4) is 0 Å². The molecule has 0 aliphatic rings. The van der Waals surface area contributed by atoms with Crippen LogP contribution in [0.25, 0.3) is 0 Å². The second-order valence-corrected chi connectivity index (χ2v) is 7.50. The molecule has 0 saturated carbocycles. The fourth-order valence-electron chi connectivity index (χ4n) is 1.51. The summed E-state index contributed by atoms with van der Waals surface area (Å²) in [5.74, 6) is 0. The molecule has 0 aliphatic carbocycles. The summed E-state index contributed by atoms with van der Waals surface area (Å²) in [6.45, 7) is 2.70. The molecule has 1 aromatic carbocycles. The van der Waals surface area contributed by atoms with Gasteiger partial charge in [-0.2, -0.15) is 0 Å². The molecule has 5 nitrogen and oxygen atoms in total. The molecule has 0 unspecified atom stereocenters. The maximum atomic E-state index is 12.0. The summed E-state index contributed by atoms with van der Waals surface area (Å²) < 4.78 is 26.5. The Hall–Kier alpha value is -1.15. The molecule has 0 fully saturated rings. The number of aryl methyl sites for hydroxylation is 1. The minimum atomic E-state index is -3.52. The summed E-state index contributed by atoms with van der Waals surface area (Å²) >= 11 is 7.31. The van der Waals surface area contributed by atoms with Crippen molar-refractivity contribution in [2.75, 3.05) is 18.4 Å².